The van der Waals surface area contributed by atoms with Crippen molar-refractivity contribution in [3.8, 4) is 5.75 Å². The van der Waals surface area contributed by atoms with Crippen LogP contribution in [0.3, 0.4) is 0 Å². The molecule has 1 amide bonds. The van der Waals surface area contributed by atoms with Gasteiger partial charge in [0.05, 0.1) is 13.2 Å². The van der Waals surface area contributed by atoms with E-state index in [0.29, 0.717) is 18.0 Å². The van der Waals surface area contributed by atoms with Gasteiger partial charge in [-0.15, -0.1) is 0 Å². The fraction of sp³-hybridized carbons (Fsp3) is 0.250. The van der Waals surface area contributed by atoms with Crippen molar-refractivity contribution in [1.29, 1.82) is 0 Å². The highest BCUT2D eigenvalue weighted by atomic mass is 79.9. The van der Waals surface area contributed by atoms with Crippen LogP contribution in [0.25, 0.3) is 0 Å². The van der Waals surface area contributed by atoms with Crippen LogP contribution >= 0.6 is 15.9 Å². The summed E-state index contributed by atoms with van der Waals surface area (Å²) < 4.78 is 6.18. The fourth-order valence-electron chi connectivity index (χ4n) is 2.66. The summed E-state index contributed by atoms with van der Waals surface area (Å²) in [7, 11) is 1.58. The van der Waals surface area contributed by atoms with Gasteiger partial charge in [-0.25, -0.2) is 0 Å². The van der Waals surface area contributed by atoms with Crippen LogP contribution in [0.4, 0.5) is 0 Å². The molecule has 2 heterocycles. The van der Waals surface area contributed by atoms with Crippen molar-refractivity contribution >= 4 is 21.8 Å². The normalized spacial score (nSPS) is 16.7. The van der Waals surface area contributed by atoms with Crippen LogP contribution in [0, 0.1) is 0 Å². The van der Waals surface area contributed by atoms with E-state index in [1.807, 2.05) is 17.9 Å². The predicted octanol–water partition coefficient (Wildman–Crippen LogP) is 3.57. The molecule has 0 radical (unpaired) electrons. The number of hydrogen-bond acceptors (Lipinski definition) is 3. The zero-order valence-electron chi connectivity index (χ0n) is 11.8. The first-order valence-corrected chi connectivity index (χ1v) is 7.49. The molecular formula is C16H15BrN2O2. The number of aromatic nitrogens is 1. The fourth-order valence-corrected chi connectivity index (χ4v) is 3.07. The summed E-state index contributed by atoms with van der Waals surface area (Å²) in [4.78, 5) is 18.7. The molecule has 1 aliphatic heterocycles. The monoisotopic (exact) mass is 346 g/mol. The lowest BCUT2D eigenvalue weighted by Gasteiger charge is -2.21. The number of ether oxygens (including phenoxy) is 1. The maximum absolute atomic E-state index is 12.7. The molecule has 0 bridgehead atoms. The summed E-state index contributed by atoms with van der Waals surface area (Å²) in [5, 5.41) is 0. The van der Waals surface area contributed by atoms with E-state index in [1.165, 1.54) is 11.1 Å². The van der Waals surface area contributed by atoms with E-state index >= 15 is 0 Å². The maximum atomic E-state index is 12.7. The molecule has 3 rings (SSSR count). The average molecular weight is 347 g/mol. The molecule has 1 aliphatic rings. The Kier molecular flexibility index (Phi) is 3.68. The molecule has 0 N–H and O–H groups in total. The van der Waals surface area contributed by atoms with Gasteiger partial charge in [-0.1, -0.05) is 22.0 Å². The van der Waals surface area contributed by atoms with Gasteiger partial charge in [0, 0.05) is 23.3 Å². The van der Waals surface area contributed by atoms with Crippen LogP contribution in [-0.4, -0.2) is 22.9 Å². The highest BCUT2D eigenvalue weighted by molar-refractivity contribution is 9.10. The van der Waals surface area contributed by atoms with Crippen LogP contribution in [0.2, 0.25) is 0 Å². The standard InChI is InChI=1S/C16H15BrN2O2/c1-10-14-4-3-12(17)7-11(14)9-19(10)16(20)15-8-13(21-2)5-6-18-15/h3-8,10H,9H2,1-2H3/t10-/m1/s1. The molecule has 2 aromatic rings. The first-order chi connectivity index (χ1) is 10.1. The molecule has 0 spiro atoms. The average Bonchev–Trinajstić information content (AvgIpc) is 2.83. The first kappa shape index (κ1) is 14.1. The van der Waals surface area contributed by atoms with Crippen LogP contribution in [0.5, 0.6) is 5.75 Å². The molecule has 1 aromatic carbocycles. The molecule has 21 heavy (non-hydrogen) atoms. The molecule has 0 aliphatic carbocycles. The predicted molar refractivity (Wildman–Crippen MR) is 83.2 cm³/mol. The maximum Gasteiger partial charge on any atom is 0.273 e. The second-order valence-corrected chi connectivity index (χ2v) is 5.95. The lowest BCUT2D eigenvalue weighted by molar-refractivity contribution is 0.0698. The second kappa shape index (κ2) is 5.48. The number of carbonyl (C=O) groups excluding carboxylic acids is 1. The van der Waals surface area contributed by atoms with E-state index in [-0.39, 0.29) is 11.9 Å². The molecule has 1 atom stereocenters. The Morgan fingerprint density at radius 1 is 1.38 bits per heavy atom. The number of amides is 1. The number of hydrogen-bond donors (Lipinski definition) is 0. The number of carbonyl (C=O) groups is 1. The second-order valence-electron chi connectivity index (χ2n) is 5.03. The number of methoxy groups -OCH3 is 1. The Labute approximate surface area is 131 Å². The molecule has 0 unspecified atom stereocenters. The van der Waals surface area contributed by atoms with E-state index in [0.717, 1.165) is 4.47 Å². The zero-order valence-corrected chi connectivity index (χ0v) is 13.4. The third-order valence-electron chi connectivity index (χ3n) is 3.81. The smallest absolute Gasteiger partial charge is 0.273 e. The lowest BCUT2D eigenvalue weighted by Crippen LogP contribution is -2.28. The van der Waals surface area contributed by atoms with Crippen molar-refractivity contribution < 1.29 is 9.53 Å². The van der Waals surface area contributed by atoms with Gasteiger partial charge < -0.3 is 9.64 Å². The molecule has 0 saturated heterocycles. The van der Waals surface area contributed by atoms with Crippen molar-refractivity contribution in [2.75, 3.05) is 7.11 Å². The molecule has 0 saturated carbocycles. The molecule has 5 heteroatoms. The number of benzene rings is 1. The third kappa shape index (κ3) is 2.53. The Balaban J connectivity index is 1.90. The molecule has 1 aromatic heterocycles. The van der Waals surface area contributed by atoms with Gasteiger partial charge in [-0.3, -0.25) is 9.78 Å². The quantitative estimate of drug-likeness (QED) is 0.834. The molecule has 108 valence electrons. The molecular weight excluding hydrogens is 332 g/mol. The van der Waals surface area contributed by atoms with Gasteiger partial charge >= 0.3 is 0 Å². The summed E-state index contributed by atoms with van der Waals surface area (Å²) in [5.41, 5.74) is 2.77. The number of rotatable bonds is 2. The van der Waals surface area contributed by atoms with E-state index in [4.69, 9.17) is 4.74 Å². The molecule has 4 nitrogen and oxygen atoms in total. The number of fused-ring (bicyclic) bond motifs is 1. The summed E-state index contributed by atoms with van der Waals surface area (Å²) in [5.74, 6) is 0.564. The Bertz CT molecular complexity index is 702. The van der Waals surface area contributed by atoms with Crippen LogP contribution in [0.1, 0.15) is 34.6 Å². The minimum absolute atomic E-state index is 0.0496. The van der Waals surface area contributed by atoms with Crippen molar-refractivity contribution in [1.82, 2.24) is 9.88 Å². The van der Waals surface area contributed by atoms with E-state index in [2.05, 4.69) is 33.0 Å². The van der Waals surface area contributed by atoms with Crippen LogP contribution < -0.4 is 4.74 Å². The largest absolute Gasteiger partial charge is 0.497 e. The van der Waals surface area contributed by atoms with Gasteiger partial charge in [0.2, 0.25) is 0 Å². The van der Waals surface area contributed by atoms with E-state index in [9.17, 15) is 4.79 Å². The first-order valence-electron chi connectivity index (χ1n) is 6.69. The van der Waals surface area contributed by atoms with Gasteiger partial charge in [0.15, 0.2) is 0 Å². The summed E-state index contributed by atoms with van der Waals surface area (Å²) in [6.45, 7) is 2.64. The summed E-state index contributed by atoms with van der Waals surface area (Å²) in [6, 6.07) is 9.60. The van der Waals surface area contributed by atoms with E-state index in [1.54, 1.807) is 25.4 Å². The van der Waals surface area contributed by atoms with Crippen molar-refractivity contribution in [2.24, 2.45) is 0 Å². The number of nitrogens with zero attached hydrogens (tertiary/aromatic N) is 2. The highest BCUT2D eigenvalue weighted by Gasteiger charge is 2.31. The minimum atomic E-state index is -0.0753. The SMILES string of the molecule is COc1ccnc(C(=O)N2Cc3cc(Br)ccc3[C@H]2C)c1. The Morgan fingerprint density at radius 2 is 2.19 bits per heavy atom. The van der Waals surface area contributed by atoms with Gasteiger partial charge in [-0.2, -0.15) is 0 Å². The Morgan fingerprint density at radius 3 is 2.95 bits per heavy atom. The summed E-state index contributed by atoms with van der Waals surface area (Å²) >= 11 is 3.47. The van der Waals surface area contributed by atoms with Gasteiger partial charge in [0.1, 0.15) is 11.4 Å². The Hall–Kier alpha value is -1.88. The highest BCUT2D eigenvalue weighted by Crippen LogP contribution is 2.35. The zero-order chi connectivity index (χ0) is 15.0. The van der Waals surface area contributed by atoms with Crippen molar-refractivity contribution in [3.05, 3.63) is 57.8 Å². The third-order valence-corrected chi connectivity index (χ3v) is 4.30. The molecule has 0 fully saturated rings. The van der Waals surface area contributed by atoms with Crippen molar-refractivity contribution in [3.63, 3.8) is 0 Å². The topological polar surface area (TPSA) is 42.4 Å². The van der Waals surface area contributed by atoms with E-state index < -0.39 is 0 Å². The number of halogens is 1. The van der Waals surface area contributed by atoms with Crippen LogP contribution in [0.15, 0.2) is 41.0 Å². The number of pyridine rings is 1. The lowest BCUT2D eigenvalue weighted by atomic mass is 10.1. The van der Waals surface area contributed by atoms with Gasteiger partial charge in [0.25, 0.3) is 5.91 Å². The van der Waals surface area contributed by atoms with Crippen LogP contribution in [-0.2, 0) is 6.54 Å². The van der Waals surface area contributed by atoms with Gasteiger partial charge in [-0.05, 0) is 36.2 Å². The minimum Gasteiger partial charge on any atom is -0.497 e. The summed E-state index contributed by atoms with van der Waals surface area (Å²) in [6.07, 6.45) is 1.59. The van der Waals surface area contributed by atoms with Crippen molar-refractivity contribution in [2.45, 2.75) is 19.5 Å².